The molecule has 0 aromatic heterocycles. The van der Waals surface area contributed by atoms with Crippen molar-refractivity contribution >= 4 is 12.1 Å². The Morgan fingerprint density at radius 1 is 1.35 bits per heavy atom. The summed E-state index contributed by atoms with van der Waals surface area (Å²) in [5, 5.41) is 12.4. The van der Waals surface area contributed by atoms with E-state index in [1.165, 1.54) is 12.0 Å². The summed E-state index contributed by atoms with van der Waals surface area (Å²) >= 11 is 0. The van der Waals surface area contributed by atoms with E-state index < -0.39 is 18.0 Å². The van der Waals surface area contributed by atoms with Crippen molar-refractivity contribution in [3.63, 3.8) is 0 Å². The first kappa shape index (κ1) is 14.3. The van der Waals surface area contributed by atoms with Crippen LogP contribution in [0.3, 0.4) is 0 Å². The van der Waals surface area contributed by atoms with Gasteiger partial charge in [-0.05, 0) is 5.56 Å². The SMILES string of the molecule is COC(=O)N1CC(NCc2ccccc2)C(C(=O)O)C1. The van der Waals surface area contributed by atoms with Gasteiger partial charge in [-0.15, -0.1) is 0 Å². The first-order valence-electron chi connectivity index (χ1n) is 6.45. The summed E-state index contributed by atoms with van der Waals surface area (Å²) in [4.78, 5) is 24.2. The summed E-state index contributed by atoms with van der Waals surface area (Å²) in [5.74, 6) is -1.51. The number of nitrogens with one attached hydrogen (secondary N) is 1. The zero-order valence-electron chi connectivity index (χ0n) is 11.3. The summed E-state index contributed by atoms with van der Waals surface area (Å²) in [6, 6.07) is 9.46. The molecule has 0 spiro atoms. The van der Waals surface area contributed by atoms with Gasteiger partial charge in [-0.25, -0.2) is 4.79 Å². The van der Waals surface area contributed by atoms with Crippen molar-refractivity contribution in [1.82, 2.24) is 10.2 Å². The van der Waals surface area contributed by atoms with Crippen LogP contribution in [0.5, 0.6) is 0 Å². The van der Waals surface area contributed by atoms with Crippen LogP contribution in [0.2, 0.25) is 0 Å². The molecule has 1 saturated heterocycles. The lowest BCUT2D eigenvalue weighted by molar-refractivity contribution is -0.141. The summed E-state index contributed by atoms with van der Waals surface area (Å²) in [6.45, 7) is 1.09. The molecule has 2 unspecified atom stereocenters. The molecular formula is C14H18N2O4. The molecule has 0 bridgehead atoms. The second kappa shape index (κ2) is 6.38. The third-order valence-electron chi connectivity index (χ3n) is 3.48. The first-order valence-corrected chi connectivity index (χ1v) is 6.45. The van der Waals surface area contributed by atoms with Crippen LogP contribution in [-0.4, -0.2) is 48.3 Å². The second-order valence-electron chi connectivity index (χ2n) is 4.79. The first-order chi connectivity index (χ1) is 9.61. The minimum atomic E-state index is -0.901. The average molecular weight is 278 g/mol. The Morgan fingerprint density at radius 3 is 2.65 bits per heavy atom. The minimum absolute atomic E-state index is 0.175. The van der Waals surface area contributed by atoms with Crippen LogP contribution in [0, 0.1) is 5.92 Å². The predicted octanol–water partition coefficient (Wildman–Crippen LogP) is 0.928. The smallest absolute Gasteiger partial charge is 0.409 e. The molecule has 1 amide bonds. The zero-order valence-corrected chi connectivity index (χ0v) is 11.3. The normalized spacial score (nSPS) is 21.8. The molecule has 20 heavy (non-hydrogen) atoms. The van der Waals surface area contributed by atoms with Crippen molar-refractivity contribution in [1.29, 1.82) is 0 Å². The number of hydrogen-bond donors (Lipinski definition) is 2. The monoisotopic (exact) mass is 278 g/mol. The number of benzene rings is 1. The number of amides is 1. The molecular weight excluding hydrogens is 260 g/mol. The number of likely N-dealkylation sites (tertiary alicyclic amines) is 1. The highest BCUT2D eigenvalue weighted by molar-refractivity contribution is 5.75. The molecule has 2 N–H and O–H groups in total. The van der Waals surface area contributed by atoms with Crippen molar-refractivity contribution in [2.75, 3.05) is 20.2 Å². The van der Waals surface area contributed by atoms with Crippen molar-refractivity contribution in [2.24, 2.45) is 5.92 Å². The maximum absolute atomic E-state index is 11.5. The van der Waals surface area contributed by atoms with Crippen LogP contribution < -0.4 is 5.32 Å². The van der Waals surface area contributed by atoms with Gasteiger partial charge >= 0.3 is 12.1 Å². The van der Waals surface area contributed by atoms with Gasteiger partial charge in [0.25, 0.3) is 0 Å². The molecule has 1 fully saturated rings. The number of hydrogen-bond acceptors (Lipinski definition) is 4. The molecule has 0 radical (unpaired) electrons. The molecule has 1 heterocycles. The lowest BCUT2D eigenvalue weighted by atomic mass is 10.0. The molecule has 2 rings (SSSR count). The number of carbonyl (C=O) groups is 2. The molecule has 1 aliphatic rings. The highest BCUT2D eigenvalue weighted by Crippen LogP contribution is 2.18. The van der Waals surface area contributed by atoms with E-state index in [1.54, 1.807) is 0 Å². The molecule has 2 atom stereocenters. The molecule has 108 valence electrons. The fraction of sp³-hybridized carbons (Fsp3) is 0.429. The van der Waals surface area contributed by atoms with Gasteiger partial charge in [0, 0.05) is 25.7 Å². The van der Waals surface area contributed by atoms with E-state index in [9.17, 15) is 14.7 Å². The number of carboxylic acids is 1. The maximum atomic E-state index is 11.5. The summed E-state index contributed by atoms with van der Waals surface area (Å²) in [5.41, 5.74) is 1.08. The van der Waals surface area contributed by atoms with E-state index >= 15 is 0 Å². The molecule has 6 heteroatoms. The topological polar surface area (TPSA) is 78.9 Å². The lowest BCUT2D eigenvalue weighted by Gasteiger charge is -2.16. The van der Waals surface area contributed by atoms with Crippen molar-refractivity contribution in [3.05, 3.63) is 35.9 Å². The van der Waals surface area contributed by atoms with Crippen LogP contribution in [0.4, 0.5) is 4.79 Å². The molecule has 1 aromatic carbocycles. The number of carboxylic acid groups (broad SMARTS) is 1. The van der Waals surface area contributed by atoms with Gasteiger partial charge in [-0.2, -0.15) is 0 Å². The van der Waals surface area contributed by atoms with Crippen molar-refractivity contribution in [3.8, 4) is 0 Å². The van der Waals surface area contributed by atoms with E-state index in [1.807, 2.05) is 30.3 Å². The van der Waals surface area contributed by atoms with E-state index in [0.717, 1.165) is 5.56 Å². The second-order valence-corrected chi connectivity index (χ2v) is 4.79. The Kier molecular flexibility index (Phi) is 4.57. The Morgan fingerprint density at radius 2 is 2.05 bits per heavy atom. The van der Waals surface area contributed by atoms with Crippen molar-refractivity contribution < 1.29 is 19.4 Å². The maximum Gasteiger partial charge on any atom is 0.409 e. The highest BCUT2D eigenvalue weighted by atomic mass is 16.5. The van der Waals surface area contributed by atoms with Gasteiger partial charge in [-0.1, -0.05) is 30.3 Å². The summed E-state index contributed by atoms with van der Waals surface area (Å²) < 4.78 is 4.64. The Labute approximate surface area is 117 Å². The van der Waals surface area contributed by atoms with Crippen molar-refractivity contribution in [2.45, 2.75) is 12.6 Å². The third kappa shape index (κ3) is 3.27. The molecule has 1 aliphatic heterocycles. The predicted molar refractivity (Wildman–Crippen MR) is 72.2 cm³/mol. The Hall–Kier alpha value is -2.08. The third-order valence-corrected chi connectivity index (χ3v) is 3.48. The fourth-order valence-electron chi connectivity index (χ4n) is 2.38. The van der Waals surface area contributed by atoms with E-state index in [4.69, 9.17) is 0 Å². The molecule has 6 nitrogen and oxygen atoms in total. The van der Waals surface area contributed by atoms with Gasteiger partial charge in [0.1, 0.15) is 0 Å². The van der Waals surface area contributed by atoms with Gasteiger partial charge in [-0.3, -0.25) is 4.79 Å². The standard InChI is InChI=1S/C14H18N2O4/c1-20-14(19)16-8-11(13(17)18)12(9-16)15-7-10-5-3-2-4-6-10/h2-6,11-12,15H,7-9H2,1H3,(H,17,18). The number of methoxy groups -OCH3 is 1. The van der Waals surface area contributed by atoms with Crippen LogP contribution in [0.15, 0.2) is 30.3 Å². The van der Waals surface area contributed by atoms with Gasteiger partial charge in [0.05, 0.1) is 13.0 Å². The van der Waals surface area contributed by atoms with Gasteiger partial charge in [0.2, 0.25) is 0 Å². The Bertz CT molecular complexity index is 477. The van der Waals surface area contributed by atoms with E-state index in [0.29, 0.717) is 13.1 Å². The lowest BCUT2D eigenvalue weighted by Crippen LogP contribution is -2.39. The highest BCUT2D eigenvalue weighted by Gasteiger charge is 2.39. The largest absolute Gasteiger partial charge is 0.481 e. The van der Waals surface area contributed by atoms with Crippen LogP contribution in [0.1, 0.15) is 5.56 Å². The van der Waals surface area contributed by atoms with Gasteiger partial charge < -0.3 is 20.1 Å². The van der Waals surface area contributed by atoms with E-state index in [2.05, 4.69) is 10.1 Å². The quantitative estimate of drug-likeness (QED) is 0.856. The van der Waals surface area contributed by atoms with Gasteiger partial charge in [0.15, 0.2) is 0 Å². The van der Waals surface area contributed by atoms with E-state index in [-0.39, 0.29) is 12.6 Å². The van der Waals surface area contributed by atoms with Crippen LogP contribution in [-0.2, 0) is 16.1 Å². The average Bonchev–Trinajstić information content (AvgIpc) is 2.90. The Balaban J connectivity index is 1.98. The summed E-state index contributed by atoms with van der Waals surface area (Å²) in [6.07, 6.45) is -0.486. The molecule has 0 aliphatic carbocycles. The summed E-state index contributed by atoms with van der Waals surface area (Å²) in [7, 11) is 1.29. The number of rotatable bonds is 4. The van der Waals surface area contributed by atoms with Crippen LogP contribution >= 0.6 is 0 Å². The zero-order chi connectivity index (χ0) is 14.5. The van der Waals surface area contributed by atoms with Crippen LogP contribution in [0.25, 0.3) is 0 Å². The number of carbonyl (C=O) groups excluding carboxylic acids is 1. The minimum Gasteiger partial charge on any atom is -0.481 e. The number of aliphatic carboxylic acids is 1. The molecule has 1 aromatic rings. The molecule has 0 saturated carbocycles. The number of ether oxygens (including phenoxy) is 1. The fourth-order valence-corrected chi connectivity index (χ4v) is 2.38. The number of nitrogens with zero attached hydrogens (tertiary/aromatic N) is 1.